The Hall–Kier alpha value is -3.52. The predicted octanol–water partition coefficient (Wildman–Crippen LogP) is 2.52. The van der Waals surface area contributed by atoms with E-state index in [9.17, 15) is 26.4 Å². The van der Waals surface area contributed by atoms with Gasteiger partial charge in [-0.15, -0.1) is 0 Å². The van der Waals surface area contributed by atoms with E-state index >= 15 is 0 Å². The minimum absolute atomic E-state index is 0.0745. The lowest BCUT2D eigenvalue weighted by Crippen LogP contribution is -2.49. The summed E-state index contributed by atoms with van der Waals surface area (Å²) in [6.45, 7) is 1.38. The van der Waals surface area contributed by atoms with E-state index in [0.29, 0.717) is 24.3 Å². The molecule has 0 spiro atoms. The summed E-state index contributed by atoms with van der Waals surface area (Å²) in [5, 5.41) is 3.88. The highest BCUT2D eigenvalue weighted by Gasteiger charge is 2.34. The third kappa shape index (κ3) is 6.14. The van der Waals surface area contributed by atoms with E-state index < -0.39 is 27.8 Å². The van der Waals surface area contributed by atoms with Gasteiger partial charge in [-0.05, 0) is 17.7 Å². The maximum atomic E-state index is 13.8. The van der Waals surface area contributed by atoms with Gasteiger partial charge in [0.2, 0.25) is 10.0 Å². The Morgan fingerprint density at radius 2 is 1.89 bits per heavy atom. The number of halogens is 3. The summed E-state index contributed by atoms with van der Waals surface area (Å²) < 4.78 is 67.3. The van der Waals surface area contributed by atoms with Gasteiger partial charge in [0.25, 0.3) is 0 Å². The minimum atomic E-state index is -4.53. The SMILES string of the molecule is CS(=O)(=O)Nc1cnn(C(=O)N2CCN(Cc3ccc(-c4ccncn4)cc3C(F)(F)F)CC2)c1. The molecule has 186 valence electrons. The van der Waals surface area contributed by atoms with Gasteiger partial charge in [0.15, 0.2) is 0 Å². The Morgan fingerprint density at radius 1 is 1.14 bits per heavy atom. The zero-order valence-corrected chi connectivity index (χ0v) is 19.4. The second-order valence-corrected chi connectivity index (χ2v) is 9.81. The van der Waals surface area contributed by atoms with Crippen molar-refractivity contribution in [3.8, 4) is 11.3 Å². The molecule has 0 bridgehead atoms. The number of rotatable bonds is 5. The summed E-state index contributed by atoms with van der Waals surface area (Å²) in [5.41, 5.74) is 0.318. The summed E-state index contributed by atoms with van der Waals surface area (Å²) >= 11 is 0. The predicted molar refractivity (Wildman–Crippen MR) is 121 cm³/mol. The zero-order valence-electron chi connectivity index (χ0n) is 18.6. The molecule has 1 N–H and O–H groups in total. The number of alkyl halides is 3. The molecule has 1 saturated heterocycles. The van der Waals surface area contributed by atoms with Crippen LogP contribution in [0.3, 0.4) is 0 Å². The van der Waals surface area contributed by atoms with Crippen LogP contribution in [0.25, 0.3) is 11.3 Å². The third-order valence-corrected chi connectivity index (χ3v) is 6.02. The molecule has 0 saturated carbocycles. The van der Waals surface area contributed by atoms with Gasteiger partial charge in [-0.1, -0.05) is 12.1 Å². The fourth-order valence-electron chi connectivity index (χ4n) is 3.78. The molecule has 35 heavy (non-hydrogen) atoms. The Bertz CT molecular complexity index is 1310. The largest absolute Gasteiger partial charge is 0.416 e. The number of hydrogen-bond acceptors (Lipinski definition) is 7. The van der Waals surface area contributed by atoms with Crippen molar-refractivity contribution >= 4 is 21.7 Å². The van der Waals surface area contributed by atoms with E-state index in [-0.39, 0.29) is 30.9 Å². The molecule has 10 nitrogen and oxygen atoms in total. The molecule has 4 rings (SSSR count). The molecule has 1 aromatic carbocycles. The standard InChI is InChI=1S/C21H22F3N7O3S/c1-35(33,34)28-17-11-27-31(13-17)20(32)30-8-6-29(7-9-30)12-16-3-2-15(10-18(16)21(22,23)24)19-4-5-25-14-26-19/h2-5,10-11,13-14,28H,6-9,12H2,1H3. The van der Waals surface area contributed by atoms with E-state index in [1.165, 1.54) is 35.9 Å². The van der Waals surface area contributed by atoms with E-state index in [2.05, 4.69) is 19.8 Å². The molecule has 3 aromatic rings. The maximum Gasteiger partial charge on any atom is 0.416 e. The van der Waals surface area contributed by atoms with Crippen molar-refractivity contribution in [2.45, 2.75) is 12.7 Å². The van der Waals surface area contributed by atoms with Crippen molar-refractivity contribution in [1.82, 2.24) is 29.5 Å². The molecule has 2 aromatic heterocycles. The number of carbonyl (C=O) groups is 1. The number of hydrogen-bond donors (Lipinski definition) is 1. The van der Waals surface area contributed by atoms with Crippen LogP contribution in [-0.4, -0.2) is 76.4 Å². The molecule has 0 aliphatic carbocycles. The van der Waals surface area contributed by atoms with Gasteiger partial charge in [0, 0.05) is 44.5 Å². The van der Waals surface area contributed by atoms with Crippen molar-refractivity contribution in [2.24, 2.45) is 0 Å². The van der Waals surface area contributed by atoms with Gasteiger partial charge in [0.1, 0.15) is 6.33 Å². The maximum absolute atomic E-state index is 13.8. The number of piperazine rings is 1. The Morgan fingerprint density at radius 3 is 2.51 bits per heavy atom. The summed E-state index contributed by atoms with van der Waals surface area (Å²) in [7, 11) is -3.51. The van der Waals surface area contributed by atoms with Crippen molar-refractivity contribution in [1.29, 1.82) is 0 Å². The zero-order chi connectivity index (χ0) is 25.2. The molecule has 1 fully saturated rings. The highest BCUT2D eigenvalue weighted by atomic mass is 32.2. The second-order valence-electron chi connectivity index (χ2n) is 8.06. The monoisotopic (exact) mass is 509 g/mol. The fraction of sp³-hybridized carbons (Fsp3) is 0.333. The number of nitrogens with zero attached hydrogens (tertiary/aromatic N) is 6. The van der Waals surface area contributed by atoms with E-state index in [0.717, 1.165) is 17.0 Å². The number of anilines is 1. The smallest absolute Gasteiger partial charge is 0.320 e. The third-order valence-electron chi connectivity index (χ3n) is 5.41. The first kappa shape index (κ1) is 24.6. The number of benzene rings is 1. The van der Waals surface area contributed by atoms with Gasteiger partial charge in [-0.25, -0.2) is 23.2 Å². The highest BCUT2D eigenvalue weighted by molar-refractivity contribution is 7.92. The van der Waals surface area contributed by atoms with Gasteiger partial charge >= 0.3 is 12.2 Å². The number of sulfonamides is 1. The molecular weight excluding hydrogens is 487 g/mol. The van der Waals surface area contributed by atoms with Crippen molar-refractivity contribution in [3.63, 3.8) is 0 Å². The minimum Gasteiger partial charge on any atom is -0.320 e. The van der Waals surface area contributed by atoms with Crippen LogP contribution in [0.1, 0.15) is 11.1 Å². The van der Waals surface area contributed by atoms with Crippen molar-refractivity contribution in [3.05, 3.63) is 60.3 Å². The molecule has 1 amide bonds. The topological polar surface area (TPSA) is 113 Å². The molecule has 3 heterocycles. The number of amides is 1. The lowest BCUT2D eigenvalue weighted by Gasteiger charge is -2.34. The lowest BCUT2D eigenvalue weighted by molar-refractivity contribution is -0.138. The second kappa shape index (κ2) is 9.62. The Balaban J connectivity index is 1.42. The summed E-state index contributed by atoms with van der Waals surface area (Å²) in [6, 6.07) is 5.25. The van der Waals surface area contributed by atoms with Crippen LogP contribution in [0, 0.1) is 0 Å². The van der Waals surface area contributed by atoms with Crippen LogP contribution in [0.4, 0.5) is 23.7 Å². The van der Waals surface area contributed by atoms with Gasteiger partial charge < -0.3 is 4.90 Å². The van der Waals surface area contributed by atoms with Crippen molar-refractivity contribution in [2.75, 3.05) is 37.2 Å². The van der Waals surface area contributed by atoms with Gasteiger partial charge in [0.05, 0.1) is 35.6 Å². The molecular formula is C21H22F3N7O3S. The van der Waals surface area contributed by atoms with Gasteiger partial charge in [-0.2, -0.15) is 23.0 Å². The van der Waals surface area contributed by atoms with E-state index in [4.69, 9.17) is 0 Å². The molecule has 0 atom stereocenters. The first-order chi connectivity index (χ1) is 16.5. The summed E-state index contributed by atoms with van der Waals surface area (Å²) in [4.78, 5) is 23.8. The molecule has 1 aliphatic heterocycles. The highest BCUT2D eigenvalue weighted by Crippen LogP contribution is 2.35. The van der Waals surface area contributed by atoms with Crippen molar-refractivity contribution < 1.29 is 26.4 Å². The Kier molecular flexibility index (Phi) is 6.76. The number of nitrogens with one attached hydrogen (secondary N) is 1. The van der Waals surface area contributed by atoms with Crippen LogP contribution in [0.5, 0.6) is 0 Å². The fourth-order valence-corrected chi connectivity index (χ4v) is 4.31. The average molecular weight is 510 g/mol. The number of aromatic nitrogens is 4. The molecule has 0 unspecified atom stereocenters. The Labute approximate surface area is 199 Å². The van der Waals surface area contributed by atoms with E-state index in [1.54, 1.807) is 12.1 Å². The first-order valence-electron chi connectivity index (χ1n) is 10.5. The lowest BCUT2D eigenvalue weighted by atomic mass is 10.0. The van der Waals surface area contributed by atoms with Gasteiger partial charge in [-0.3, -0.25) is 9.62 Å². The van der Waals surface area contributed by atoms with Crippen LogP contribution in [-0.2, 0) is 22.7 Å². The molecule has 0 radical (unpaired) electrons. The summed E-state index contributed by atoms with van der Waals surface area (Å²) in [5.74, 6) is 0. The average Bonchev–Trinajstić information content (AvgIpc) is 3.26. The summed E-state index contributed by atoms with van der Waals surface area (Å²) in [6.07, 6.45) is 1.69. The first-order valence-corrected chi connectivity index (χ1v) is 12.4. The number of carbonyl (C=O) groups excluding carboxylic acids is 1. The molecule has 1 aliphatic rings. The van der Waals surface area contributed by atoms with E-state index in [1.807, 2.05) is 4.90 Å². The molecule has 14 heteroatoms. The van der Waals surface area contributed by atoms with Crippen LogP contribution in [0.15, 0.2) is 49.2 Å². The van der Waals surface area contributed by atoms with Crippen LogP contribution < -0.4 is 4.72 Å². The quantitative estimate of drug-likeness (QED) is 0.562. The normalized spacial score (nSPS) is 15.3. The van der Waals surface area contributed by atoms with Crippen LogP contribution in [0.2, 0.25) is 0 Å². The van der Waals surface area contributed by atoms with Crippen LogP contribution >= 0.6 is 0 Å².